The predicted molar refractivity (Wildman–Crippen MR) is 183 cm³/mol. The quantitative estimate of drug-likeness (QED) is 0.201. The van der Waals surface area contributed by atoms with Crippen molar-refractivity contribution in [2.24, 2.45) is 0 Å². The number of ether oxygens (including phenoxy) is 1. The zero-order valence-electron chi connectivity index (χ0n) is 25.1. The largest absolute Gasteiger partial charge is 0.464 e. The fourth-order valence-electron chi connectivity index (χ4n) is 7.64. The molecule has 5 aromatic carbocycles. The maximum atomic E-state index is 6.56. The van der Waals surface area contributed by atoms with Crippen LogP contribution in [0.2, 0.25) is 0 Å². The molecule has 0 radical (unpaired) electrons. The minimum Gasteiger partial charge on any atom is -0.464 e. The van der Waals surface area contributed by atoms with E-state index in [9.17, 15) is 0 Å². The normalized spacial score (nSPS) is 13.4. The summed E-state index contributed by atoms with van der Waals surface area (Å²) in [5.41, 5.74) is 11.5. The van der Waals surface area contributed by atoms with Gasteiger partial charge in [0.25, 0.3) is 0 Å². The monoisotopic (exact) mass is 603 g/mol. The van der Waals surface area contributed by atoms with Crippen molar-refractivity contribution < 1.29 is 9.15 Å². The average molecular weight is 604 g/mol. The van der Waals surface area contributed by atoms with Crippen LogP contribution in [-0.4, -0.2) is 15.0 Å². The molecule has 3 aromatic heterocycles. The van der Waals surface area contributed by atoms with Crippen molar-refractivity contribution in [2.45, 2.75) is 5.41 Å². The Kier molecular flexibility index (Phi) is 5.43. The number of nitrogens with zero attached hydrogens (tertiary/aromatic N) is 3. The Hall–Kier alpha value is -6.33. The lowest BCUT2D eigenvalue weighted by Gasteiger charge is -2.39. The third kappa shape index (κ3) is 3.62. The summed E-state index contributed by atoms with van der Waals surface area (Å²) in [5, 5.41) is 1.07. The lowest BCUT2D eigenvalue weighted by Crippen LogP contribution is -2.32. The van der Waals surface area contributed by atoms with Crippen LogP contribution in [0.4, 0.5) is 0 Å². The summed E-state index contributed by atoms with van der Waals surface area (Å²) in [5.74, 6) is 2.36. The molecule has 5 heteroatoms. The number of hydrogen-bond donors (Lipinski definition) is 0. The standard InChI is InChI=1S/C42H25N3O2/c1-2-11-26(12-3-1)41-44-34(25-35(45-41)33-17-8-9-23-43-33)27-13-10-16-31-39(27)40-28-22-24-46-36(28)21-20-32(40)42(31)29-14-4-6-18-37(29)47-38-19-7-5-15-30(38)42/h1-25H. The second-order valence-electron chi connectivity index (χ2n) is 11.9. The van der Waals surface area contributed by atoms with E-state index in [1.807, 2.05) is 60.7 Å². The summed E-state index contributed by atoms with van der Waals surface area (Å²) in [6.07, 6.45) is 3.58. The molecule has 4 heterocycles. The Bertz CT molecular complexity index is 2400. The van der Waals surface area contributed by atoms with Crippen molar-refractivity contribution in [3.05, 3.63) is 174 Å². The van der Waals surface area contributed by atoms with Gasteiger partial charge in [-0.1, -0.05) is 97.1 Å². The molecule has 0 amide bonds. The highest BCUT2D eigenvalue weighted by molar-refractivity contribution is 6.07. The summed E-state index contributed by atoms with van der Waals surface area (Å²) < 4.78 is 12.6. The van der Waals surface area contributed by atoms with E-state index in [1.165, 1.54) is 11.1 Å². The van der Waals surface area contributed by atoms with Gasteiger partial charge in [0.1, 0.15) is 17.1 Å². The van der Waals surface area contributed by atoms with Crippen LogP contribution in [0, 0.1) is 0 Å². The van der Waals surface area contributed by atoms with Gasteiger partial charge in [0.15, 0.2) is 5.82 Å². The van der Waals surface area contributed by atoms with Gasteiger partial charge in [-0.3, -0.25) is 4.98 Å². The number of furan rings is 1. The molecular weight excluding hydrogens is 578 g/mol. The van der Waals surface area contributed by atoms with Gasteiger partial charge in [-0.2, -0.15) is 0 Å². The zero-order chi connectivity index (χ0) is 31.0. The fraction of sp³-hybridized carbons (Fsp3) is 0.0238. The fourth-order valence-corrected chi connectivity index (χ4v) is 7.64. The van der Waals surface area contributed by atoms with Gasteiger partial charge < -0.3 is 9.15 Å². The first-order chi connectivity index (χ1) is 23.3. The molecule has 8 aromatic rings. The highest BCUT2D eigenvalue weighted by atomic mass is 16.5. The number of hydrogen-bond acceptors (Lipinski definition) is 5. The Morgan fingerprint density at radius 3 is 2.00 bits per heavy atom. The Balaban J connectivity index is 1.34. The highest BCUT2D eigenvalue weighted by Gasteiger charge is 2.52. The first-order valence-electron chi connectivity index (χ1n) is 15.7. The highest BCUT2D eigenvalue weighted by Crippen LogP contribution is 2.64. The molecular formula is C42H25N3O2. The van der Waals surface area contributed by atoms with E-state index < -0.39 is 5.41 Å². The van der Waals surface area contributed by atoms with E-state index in [2.05, 4.69) is 83.8 Å². The minimum atomic E-state index is -0.614. The number of para-hydroxylation sites is 2. The summed E-state index contributed by atoms with van der Waals surface area (Å²) >= 11 is 0. The van der Waals surface area contributed by atoms with Crippen molar-refractivity contribution in [1.29, 1.82) is 0 Å². The summed E-state index contributed by atoms with van der Waals surface area (Å²) in [6.45, 7) is 0. The third-order valence-corrected chi connectivity index (χ3v) is 9.52. The van der Waals surface area contributed by atoms with Gasteiger partial charge in [0.2, 0.25) is 0 Å². The first-order valence-corrected chi connectivity index (χ1v) is 15.7. The lowest BCUT2D eigenvalue weighted by molar-refractivity contribution is 0.436. The molecule has 1 spiro atoms. The SMILES string of the molecule is c1ccc(-c2nc(-c3ccccn3)cc(-c3cccc4c3-c3c(ccc5occc35)C43c4ccccc4Oc4ccccc43)n2)cc1. The van der Waals surface area contributed by atoms with Crippen LogP contribution in [0.5, 0.6) is 11.5 Å². The van der Waals surface area contributed by atoms with Crippen molar-refractivity contribution >= 4 is 11.0 Å². The number of fused-ring (bicyclic) bond motifs is 11. The van der Waals surface area contributed by atoms with Gasteiger partial charge in [-0.15, -0.1) is 0 Å². The molecule has 0 bridgehead atoms. The summed E-state index contributed by atoms with van der Waals surface area (Å²) in [7, 11) is 0. The molecule has 0 N–H and O–H groups in total. The molecule has 0 unspecified atom stereocenters. The number of rotatable bonds is 3. The van der Waals surface area contributed by atoms with E-state index in [-0.39, 0.29) is 0 Å². The van der Waals surface area contributed by atoms with Crippen LogP contribution in [-0.2, 0) is 5.41 Å². The number of aromatic nitrogens is 3. The molecule has 1 aliphatic carbocycles. The van der Waals surface area contributed by atoms with Crippen LogP contribution >= 0.6 is 0 Å². The number of benzene rings is 5. The smallest absolute Gasteiger partial charge is 0.160 e. The van der Waals surface area contributed by atoms with E-state index in [4.69, 9.17) is 19.1 Å². The maximum Gasteiger partial charge on any atom is 0.160 e. The molecule has 0 saturated carbocycles. The minimum absolute atomic E-state index is 0.614. The molecule has 2 aliphatic rings. The first kappa shape index (κ1) is 25.9. The molecule has 0 atom stereocenters. The Morgan fingerprint density at radius 1 is 0.511 bits per heavy atom. The van der Waals surface area contributed by atoms with Crippen LogP contribution in [0.1, 0.15) is 22.3 Å². The van der Waals surface area contributed by atoms with Crippen molar-refractivity contribution in [3.63, 3.8) is 0 Å². The Labute approximate surface area is 270 Å². The Morgan fingerprint density at radius 2 is 1.21 bits per heavy atom. The van der Waals surface area contributed by atoms with Crippen LogP contribution in [0.15, 0.2) is 156 Å². The van der Waals surface area contributed by atoms with Crippen LogP contribution in [0.3, 0.4) is 0 Å². The van der Waals surface area contributed by atoms with Crippen molar-refractivity contribution in [2.75, 3.05) is 0 Å². The van der Waals surface area contributed by atoms with Crippen molar-refractivity contribution in [1.82, 2.24) is 15.0 Å². The van der Waals surface area contributed by atoms with Gasteiger partial charge in [0.05, 0.1) is 28.8 Å². The molecule has 10 rings (SSSR count). The third-order valence-electron chi connectivity index (χ3n) is 9.52. The van der Waals surface area contributed by atoms with E-state index in [1.54, 1.807) is 12.5 Å². The second kappa shape index (κ2) is 9.83. The van der Waals surface area contributed by atoms with Gasteiger partial charge in [-0.25, -0.2) is 9.97 Å². The van der Waals surface area contributed by atoms with E-state index >= 15 is 0 Å². The molecule has 220 valence electrons. The van der Waals surface area contributed by atoms with E-state index in [0.29, 0.717) is 5.82 Å². The maximum absolute atomic E-state index is 6.56. The zero-order valence-corrected chi connectivity index (χ0v) is 25.1. The van der Waals surface area contributed by atoms with Gasteiger partial charge in [0, 0.05) is 33.8 Å². The van der Waals surface area contributed by atoms with Crippen molar-refractivity contribution in [3.8, 4) is 56.7 Å². The van der Waals surface area contributed by atoms with Crippen LogP contribution in [0.25, 0.3) is 56.1 Å². The molecule has 5 nitrogen and oxygen atoms in total. The summed E-state index contributed by atoms with van der Waals surface area (Å²) in [4.78, 5) is 14.9. The molecule has 0 saturated heterocycles. The topological polar surface area (TPSA) is 61.0 Å². The van der Waals surface area contributed by atoms with E-state index in [0.717, 1.165) is 72.9 Å². The molecule has 47 heavy (non-hydrogen) atoms. The van der Waals surface area contributed by atoms with Crippen LogP contribution < -0.4 is 4.74 Å². The van der Waals surface area contributed by atoms with Gasteiger partial charge in [-0.05, 0) is 64.7 Å². The lowest BCUT2D eigenvalue weighted by atomic mass is 9.66. The molecule has 1 aliphatic heterocycles. The van der Waals surface area contributed by atoms with Gasteiger partial charge >= 0.3 is 0 Å². The summed E-state index contributed by atoms with van der Waals surface area (Å²) in [6, 6.07) is 47.9. The predicted octanol–water partition coefficient (Wildman–Crippen LogP) is 10.1. The average Bonchev–Trinajstić information content (AvgIpc) is 3.74. The molecule has 0 fully saturated rings. The second-order valence-corrected chi connectivity index (χ2v) is 11.9. The number of pyridine rings is 1.